The standard InChI is InChI=1S/C15H16N2O3/c1-2-16-15(19)14-9-13(7-8-17-14)20-12-5-3-11(10-18)4-6-12/h3-9,18H,2,10H2,1H3,(H,16,19). The minimum atomic E-state index is -0.228. The number of nitrogens with zero attached hydrogens (tertiary/aromatic N) is 1. The third-order valence-corrected chi connectivity index (χ3v) is 2.64. The maximum Gasteiger partial charge on any atom is 0.270 e. The average molecular weight is 272 g/mol. The fraction of sp³-hybridized carbons (Fsp3) is 0.200. The zero-order valence-electron chi connectivity index (χ0n) is 11.2. The van der Waals surface area contributed by atoms with Crippen LogP contribution in [-0.4, -0.2) is 22.5 Å². The van der Waals surface area contributed by atoms with Crippen LogP contribution in [0.1, 0.15) is 23.0 Å². The van der Waals surface area contributed by atoms with Crippen LogP contribution in [0.15, 0.2) is 42.6 Å². The van der Waals surface area contributed by atoms with Gasteiger partial charge in [0.2, 0.25) is 0 Å². The summed E-state index contributed by atoms with van der Waals surface area (Å²) in [6.07, 6.45) is 1.53. The molecule has 0 bridgehead atoms. The number of carbonyl (C=O) groups is 1. The van der Waals surface area contributed by atoms with E-state index in [1.54, 1.807) is 36.4 Å². The highest BCUT2D eigenvalue weighted by atomic mass is 16.5. The maximum atomic E-state index is 11.7. The van der Waals surface area contributed by atoms with E-state index in [-0.39, 0.29) is 12.5 Å². The molecule has 1 heterocycles. The lowest BCUT2D eigenvalue weighted by Gasteiger charge is -2.07. The Morgan fingerprint density at radius 3 is 2.65 bits per heavy atom. The smallest absolute Gasteiger partial charge is 0.270 e. The first-order valence-corrected chi connectivity index (χ1v) is 6.35. The molecular weight excluding hydrogens is 256 g/mol. The first-order valence-electron chi connectivity index (χ1n) is 6.35. The van der Waals surface area contributed by atoms with Crippen molar-refractivity contribution in [2.45, 2.75) is 13.5 Å². The lowest BCUT2D eigenvalue weighted by molar-refractivity contribution is 0.0950. The Hall–Kier alpha value is -2.40. The first-order chi connectivity index (χ1) is 9.72. The number of nitrogens with one attached hydrogen (secondary N) is 1. The molecule has 0 aliphatic rings. The number of benzene rings is 1. The van der Waals surface area contributed by atoms with Gasteiger partial charge in [-0.2, -0.15) is 0 Å². The van der Waals surface area contributed by atoms with E-state index in [9.17, 15) is 4.79 Å². The van der Waals surface area contributed by atoms with Gasteiger partial charge in [0.25, 0.3) is 5.91 Å². The molecule has 104 valence electrons. The van der Waals surface area contributed by atoms with Gasteiger partial charge in [0, 0.05) is 18.8 Å². The maximum absolute atomic E-state index is 11.7. The van der Waals surface area contributed by atoms with Crippen LogP contribution in [0, 0.1) is 0 Å². The second-order valence-corrected chi connectivity index (χ2v) is 4.14. The molecule has 5 heteroatoms. The highest BCUT2D eigenvalue weighted by Crippen LogP contribution is 2.21. The monoisotopic (exact) mass is 272 g/mol. The van der Waals surface area contributed by atoms with E-state index in [1.807, 2.05) is 6.92 Å². The Balaban J connectivity index is 2.12. The largest absolute Gasteiger partial charge is 0.457 e. The summed E-state index contributed by atoms with van der Waals surface area (Å²) in [6, 6.07) is 10.4. The minimum absolute atomic E-state index is 0.00310. The summed E-state index contributed by atoms with van der Waals surface area (Å²) in [6.45, 7) is 2.39. The Kier molecular flexibility index (Phi) is 4.68. The molecule has 0 fully saturated rings. The third kappa shape index (κ3) is 3.55. The van der Waals surface area contributed by atoms with Crippen LogP contribution < -0.4 is 10.1 Å². The van der Waals surface area contributed by atoms with Crippen molar-refractivity contribution in [2.75, 3.05) is 6.54 Å². The topological polar surface area (TPSA) is 71.5 Å². The highest BCUT2D eigenvalue weighted by Gasteiger charge is 2.07. The summed E-state index contributed by atoms with van der Waals surface area (Å²) < 4.78 is 5.65. The van der Waals surface area contributed by atoms with Gasteiger partial charge in [-0.3, -0.25) is 9.78 Å². The fourth-order valence-electron chi connectivity index (χ4n) is 1.65. The van der Waals surface area contributed by atoms with Gasteiger partial charge in [-0.05, 0) is 30.7 Å². The molecule has 5 nitrogen and oxygen atoms in total. The first kappa shape index (κ1) is 14.0. The zero-order valence-corrected chi connectivity index (χ0v) is 11.2. The molecule has 1 aromatic carbocycles. The van der Waals surface area contributed by atoms with Crippen molar-refractivity contribution in [3.05, 3.63) is 53.9 Å². The Bertz CT molecular complexity index is 582. The van der Waals surface area contributed by atoms with E-state index in [4.69, 9.17) is 9.84 Å². The normalized spacial score (nSPS) is 10.1. The molecule has 0 aliphatic heterocycles. The molecule has 20 heavy (non-hydrogen) atoms. The van der Waals surface area contributed by atoms with E-state index < -0.39 is 0 Å². The number of hydrogen-bond donors (Lipinski definition) is 2. The minimum Gasteiger partial charge on any atom is -0.457 e. The van der Waals surface area contributed by atoms with Crippen molar-refractivity contribution in [3.8, 4) is 11.5 Å². The Labute approximate surface area is 117 Å². The van der Waals surface area contributed by atoms with Crippen molar-refractivity contribution in [1.82, 2.24) is 10.3 Å². The molecule has 2 rings (SSSR count). The number of aliphatic hydroxyl groups excluding tert-OH is 1. The summed E-state index contributed by atoms with van der Waals surface area (Å²) in [5.74, 6) is 0.946. The van der Waals surface area contributed by atoms with Gasteiger partial charge >= 0.3 is 0 Å². The summed E-state index contributed by atoms with van der Waals surface area (Å²) >= 11 is 0. The average Bonchev–Trinajstić information content (AvgIpc) is 2.48. The zero-order chi connectivity index (χ0) is 14.4. The number of aromatic nitrogens is 1. The SMILES string of the molecule is CCNC(=O)c1cc(Oc2ccc(CO)cc2)ccn1. The molecule has 1 aromatic heterocycles. The van der Waals surface area contributed by atoms with Crippen LogP contribution in [0.5, 0.6) is 11.5 Å². The van der Waals surface area contributed by atoms with Gasteiger partial charge in [-0.1, -0.05) is 12.1 Å². The van der Waals surface area contributed by atoms with Gasteiger partial charge in [0.05, 0.1) is 6.61 Å². The second kappa shape index (κ2) is 6.68. The lowest BCUT2D eigenvalue weighted by atomic mass is 10.2. The van der Waals surface area contributed by atoms with Crippen molar-refractivity contribution in [1.29, 1.82) is 0 Å². The van der Waals surface area contributed by atoms with Crippen molar-refractivity contribution in [2.24, 2.45) is 0 Å². The lowest BCUT2D eigenvalue weighted by Crippen LogP contribution is -2.23. The van der Waals surface area contributed by atoms with Crippen LogP contribution in [0.4, 0.5) is 0 Å². The van der Waals surface area contributed by atoms with E-state index >= 15 is 0 Å². The molecule has 0 radical (unpaired) electrons. The van der Waals surface area contributed by atoms with Gasteiger partial charge in [0.15, 0.2) is 0 Å². The molecule has 0 saturated heterocycles. The van der Waals surface area contributed by atoms with Crippen molar-refractivity contribution < 1.29 is 14.6 Å². The molecule has 2 aromatic rings. The number of carbonyl (C=O) groups excluding carboxylic acids is 1. The molecule has 1 amide bonds. The van der Waals surface area contributed by atoms with Crippen LogP contribution in [-0.2, 0) is 6.61 Å². The Morgan fingerprint density at radius 1 is 1.25 bits per heavy atom. The molecule has 0 atom stereocenters. The molecule has 0 aliphatic carbocycles. The Morgan fingerprint density at radius 2 is 2.00 bits per heavy atom. The summed E-state index contributed by atoms with van der Waals surface area (Å²) in [5, 5.41) is 11.7. The number of amides is 1. The predicted octanol–water partition coefficient (Wildman–Crippen LogP) is 2.12. The molecule has 2 N–H and O–H groups in total. The van der Waals surface area contributed by atoms with E-state index in [0.717, 1.165) is 5.56 Å². The van der Waals surface area contributed by atoms with Gasteiger partial charge < -0.3 is 15.2 Å². The number of pyridine rings is 1. The third-order valence-electron chi connectivity index (χ3n) is 2.64. The summed E-state index contributed by atoms with van der Waals surface area (Å²) in [5.41, 5.74) is 1.13. The summed E-state index contributed by atoms with van der Waals surface area (Å²) in [4.78, 5) is 15.7. The van der Waals surface area contributed by atoms with Crippen LogP contribution >= 0.6 is 0 Å². The van der Waals surface area contributed by atoms with Crippen molar-refractivity contribution in [3.63, 3.8) is 0 Å². The summed E-state index contributed by atoms with van der Waals surface area (Å²) in [7, 11) is 0. The van der Waals surface area contributed by atoms with Crippen LogP contribution in [0.2, 0.25) is 0 Å². The number of aliphatic hydroxyl groups is 1. The van der Waals surface area contributed by atoms with E-state index in [1.165, 1.54) is 6.20 Å². The van der Waals surface area contributed by atoms with Gasteiger partial charge in [-0.25, -0.2) is 0 Å². The number of rotatable bonds is 5. The van der Waals surface area contributed by atoms with Gasteiger partial charge in [0.1, 0.15) is 17.2 Å². The van der Waals surface area contributed by atoms with E-state index in [2.05, 4.69) is 10.3 Å². The number of hydrogen-bond acceptors (Lipinski definition) is 4. The second-order valence-electron chi connectivity index (χ2n) is 4.14. The quantitative estimate of drug-likeness (QED) is 0.874. The molecule has 0 spiro atoms. The van der Waals surface area contributed by atoms with E-state index in [0.29, 0.717) is 23.7 Å². The molecular formula is C15H16N2O3. The number of ether oxygens (including phenoxy) is 1. The fourth-order valence-corrected chi connectivity index (χ4v) is 1.65. The predicted molar refractivity (Wildman–Crippen MR) is 74.7 cm³/mol. The van der Waals surface area contributed by atoms with Crippen molar-refractivity contribution >= 4 is 5.91 Å². The van der Waals surface area contributed by atoms with Crippen LogP contribution in [0.25, 0.3) is 0 Å². The van der Waals surface area contributed by atoms with Crippen LogP contribution in [0.3, 0.4) is 0 Å². The molecule has 0 unspecified atom stereocenters. The highest BCUT2D eigenvalue weighted by molar-refractivity contribution is 5.92. The molecule has 0 saturated carbocycles. The van der Waals surface area contributed by atoms with Gasteiger partial charge in [-0.15, -0.1) is 0 Å².